The minimum absolute atomic E-state index is 0.0444. The predicted molar refractivity (Wildman–Crippen MR) is 245 cm³/mol. The molecule has 3 aliphatic heterocycles. The maximum Gasteiger partial charge on any atom is 0.336 e. The number of carbonyl (C=O) groups excluding carboxylic acids is 2. The molecule has 10 atom stereocenters. The largest absolute Gasteiger partial charge is 0.478 e. The molecule has 2 fully saturated rings. The van der Waals surface area contributed by atoms with Crippen LogP contribution in [-0.4, -0.2) is 169 Å². The van der Waals surface area contributed by atoms with Crippen molar-refractivity contribution in [3.63, 3.8) is 0 Å². The molecule has 2 saturated heterocycles. The topological polar surface area (TPSA) is 273 Å². The summed E-state index contributed by atoms with van der Waals surface area (Å²) in [6.45, 7) is 1.38. The van der Waals surface area contributed by atoms with Crippen LogP contribution < -0.4 is 25.5 Å². The first-order chi connectivity index (χ1) is 32.0. The van der Waals surface area contributed by atoms with Crippen LogP contribution in [0.5, 0.6) is 0 Å². The Balaban J connectivity index is 0.928. The van der Waals surface area contributed by atoms with Crippen molar-refractivity contribution in [1.29, 1.82) is 0 Å². The van der Waals surface area contributed by atoms with Gasteiger partial charge < -0.3 is 74.6 Å². The number of nitrogens with zero attached hydrogens (tertiary/aromatic N) is 2. The van der Waals surface area contributed by atoms with Crippen LogP contribution in [0.25, 0.3) is 33.4 Å². The van der Waals surface area contributed by atoms with Crippen molar-refractivity contribution in [3.05, 3.63) is 71.1 Å². The standard InChI is InChI=1S/C48H64N4O15/c1-26-39(55)41(57)43(59)47(64-26)67-44-42(58)40(56)36(25-53)66-48(44)63-21-11-9-7-6-8-10-12-37(54)49-19-20-50-45(60)27-13-16-30(33(22-27)46(61)62)38-31-17-14-28(51(2)3)23-34(31)65-35-24-29(52(4)5)15-18-32(35)38/h13-18,22-24,26,36,39-44,47-48,53,55-59H,6-12,19-21,25H2,1-5H3,(H2-,49,50,54,60,61,62)/p+1/t26-,36+,39+,40-,41+,42-,43-,44+,47-,48+/m0/s1. The van der Waals surface area contributed by atoms with E-state index in [-0.39, 0.29) is 36.7 Å². The molecule has 19 heteroatoms. The minimum Gasteiger partial charge on any atom is -0.478 e. The van der Waals surface area contributed by atoms with E-state index in [1.54, 1.807) is 12.1 Å². The molecule has 0 radical (unpaired) electrons. The third-order valence-electron chi connectivity index (χ3n) is 12.2. The Hall–Kier alpha value is -5.06. The number of amides is 2. The molecule has 2 amide bonds. The highest BCUT2D eigenvalue weighted by atomic mass is 16.8. The molecule has 0 spiro atoms. The zero-order valence-corrected chi connectivity index (χ0v) is 38.5. The summed E-state index contributed by atoms with van der Waals surface area (Å²) in [7, 11) is 7.70. The number of carboxylic acids is 1. The smallest absolute Gasteiger partial charge is 0.336 e. The molecule has 366 valence electrons. The van der Waals surface area contributed by atoms with Crippen LogP contribution in [0.4, 0.5) is 5.69 Å². The van der Waals surface area contributed by atoms with Gasteiger partial charge in [-0.25, -0.2) is 9.37 Å². The van der Waals surface area contributed by atoms with Crippen molar-refractivity contribution >= 4 is 34.4 Å². The van der Waals surface area contributed by atoms with Gasteiger partial charge in [-0.15, -0.1) is 0 Å². The minimum atomic E-state index is -1.66. The number of fused-ring (bicyclic) bond motifs is 2. The third kappa shape index (κ3) is 12.3. The Labute approximate surface area is 388 Å². The van der Waals surface area contributed by atoms with Crippen LogP contribution in [0, 0.1) is 0 Å². The molecule has 0 unspecified atom stereocenters. The van der Waals surface area contributed by atoms with Crippen LogP contribution in [0.1, 0.15) is 72.6 Å². The van der Waals surface area contributed by atoms with Gasteiger partial charge in [0.05, 0.1) is 24.3 Å². The van der Waals surface area contributed by atoms with E-state index in [2.05, 4.69) is 10.6 Å². The lowest BCUT2D eigenvalue weighted by Gasteiger charge is -2.45. The number of rotatable bonds is 20. The Morgan fingerprint density at radius 1 is 0.761 bits per heavy atom. The zero-order chi connectivity index (χ0) is 48.5. The number of aliphatic hydroxyl groups is 6. The maximum absolute atomic E-state index is 13.2. The highest BCUT2D eigenvalue weighted by Gasteiger charge is 2.50. The van der Waals surface area contributed by atoms with Gasteiger partial charge in [0, 0.05) is 80.1 Å². The molecular formula is C48H65N4O15+. The summed E-state index contributed by atoms with van der Waals surface area (Å²) < 4.78 is 31.0. The number of carbonyl (C=O) groups is 3. The van der Waals surface area contributed by atoms with Crippen LogP contribution >= 0.6 is 0 Å². The second-order valence-corrected chi connectivity index (χ2v) is 17.5. The van der Waals surface area contributed by atoms with Gasteiger partial charge in [0.2, 0.25) is 11.3 Å². The maximum atomic E-state index is 13.2. The number of benzene rings is 3. The van der Waals surface area contributed by atoms with Gasteiger partial charge >= 0.3 is 5.97 Å². The number of nitrogens with one attached hydrogen (secondary N) is 2. The SMILES string of the molecule is C[C@@H]1O[C@@H](O[C@H]2[C@H](OCCCCCCCCC(=O)NCCNC(=O)c3ccc(-c4c5ccc(=[N+](C)C)cc-5oc5cc(N(C)C)ccc45)c(C(=O)O)c3)O[C@H](CO)[C@H](O)[C@@H]2O)[C@@H](O)[C@H](O)[C@@H]1O. The summed E-state index contributed by atoms with van der Waals surface area (Å²) in [4.78, 5) is 40.5. The summed E-state index contributed by atoms with van der Waals surface area (Å²) in [6.07, 6.45) is -9.01. The molecule has 9 N–H and O–H groups in total. The zero-order valence-electron chi connectivity index (χ0n) is 38.5. The summed E-state index contributed by atoms with van der Waals surface area (Å²) in [5, 5.41) is 79.1. The van der Waals surface area contributed by atoms with E-state index < -0.39 is 79.9 Å². The van der Waals surface area contributed by atoms with Crippen molar-refractivity contribution in [3.8, 4) is 22.5 Å². The monoisotopic (exact) mass is 937 g/mol. The van der Waals surface area contributed by atoms with Gasteiger partial charge in [-0.1, -0.05) is 31.7 Å². The van der Waals surface area contributed by atoms with E-state index in [0.29, 0.717) is 41.7 Å². The molecule has 2 aromatic rings. The Morgan fingerprint density at radius 2 is 1.46 bits per heavy atom. The van der Waals surface area contributed by atoms with Crippen molar-refractivity contribution in [2.24, 2.45) is 0 Å². The number of hydrogen-bond donors (Lipinski definition) is 9. The summed E-state index contributed by atoms with van der Waals surface area (Å²) in [5.74, 6) is -1.25. The second-order valence-electron chi connectivity index (χ2n) is 17.5. The highest BCUT2D eigenvalue weighted by Crippen LogP contribution is 2.42. The van der Waals surface area contributed by atoms with Crippen molar-refractivity contribution in [2.75, 3.05) is 59.4 Å². The normalized spacial score (nSPS) is 25.2. The lowest BCUT2D eigenvalue weighted by Crippen LogP contribution is -2.64. The molecule has 19 nitrogen and oxygen atoms in total. The molecule has 4 aliphatic rings. The number of ether oxygens (including phenoxy) is 4. The summed E-state index contributed by atoms with van der Waals surface area (Å²) in [5.41, 5.74) is 3.45. The molecule has 2 aromatic carbocycles. The number of aromatic carboxylic acids is 1. The molecular weight excluding hydrogens is 873 g/mol. The molecule has 3 heterocycles. The number of hydrogen-bond acceptors (Lipinski definition) is 15. The first-order valence-corrected chi connectivity index (χ1v) is 22.7. The van der Waals surface area contributed by atoms with Crippen LogP contribution in [0.15, 0.2) is 59.0 Å². The Kier molecular flexibility index (Phi) is 17.9. The first kappa shape index (κ1) is 51.3. The average Bonchev–Trinajstić information content (AvgIpc) is 3.31. The van der Waals surface area contributed by atoms with E-state index in [1.165, 1.54) is 13.0 Å². The Morgan fingerprint density at radius 3 is 2.16 bits per heavy atom. The fraction of sp³-hybridized carbons (Fsp3) is 0.542. The lowest BCUT2D eigenvalue weighted by molar-refractivity contribution is -0.364. The van der Waals surface area contributed by atoms with Crippen molar-refractivity contribution in [1.82, 2.24) is 15.2 Å². The van der Waals surface area contributed by atoms with Crippen LogP contribution in [0.2, 0.25) is 0 Å². The van der Waals surface area contributed by atoms with Gasteiger partial charge in [-0.3, -0.25) is 9.59 Å². The molecule has 1 aliphatic carbocycles. The van der Waals surface area contributed by atoms with Crippen LogP contribution in [0.3, 0.4) is 0 Å². The molecule has 0 aromatic heterocycles. The van der Waals surface area contributed by atoms with Gasteiger partial charge in [-0.2, -0.15) is 0 Å². The number of anilines is 1. The fourth-order valence-electron chi connectivity index (χ4n) is 8.27. The molecule has 0 bridgehead atoms. The van der Waals surface area contributed by atoms with E-state index in [0.717, 1.165) is 47.7 Å². The van der Waals surface area contributed by atoms with Crippen LogP contribution in [-0.2, 0) is 23.7 Å². The van der Waals surface area contributed by atoms with Crippen molar-refractivity contribution in [2.45, 2.75) is 113 Å². The van der Waals surface area contributed by atoms with E-state index in [1.807, 2.05) is 74.1 Å². The number of aliphatic hydroxyl groups excluding tert-OH is 6. The number of carboxylic acid groups (broad SMARTS) is 1. The van der Waals surface area contributed by atoms with E-state index >= 15 is 0 Å². The van der Waals surface area contributed by atoms with E-state index in [4.69, 9.17) is 23.4 Å². The van der Waals surface area contributed by atoms with Gasteiger partial charge in [-0.05, 0) is 55.7 Å². The second kappa shape index (κ2) is 23.3. The average molecular weight is 938 g/mol. The first-order valence-electron chi connectivity index (χ1n) is 22.7. The lowest BCUT2D eigenvalue weighted by atomic mass is 9.89. The third-order valence-corrected chi connectivity index (χ3v) is 12.2. The Bertz CT molecular complexity index is 2370. The quantitative estimate of drug-likeness (QED) is 0.0343. The van der Waals surface area contributed by atoms with Gasteiger partial charge in [0.25, 0.3) is 5.91 Å². The summed E-state index contributed by atoms with van der Waals surface area (Å²) >= 11 is 0. The van der Waals surface area contributed by atoms with Crippen molar-refractivity contribution < 1.29 is 73.5 Å². The van der Waals surface area contributed by atoms with Gasteiger partial charge in [0.15, 0.2) is 12.6 Å². The molecule has 6 rings (SSSR count). The molecule has 67 heavy (non-hydrogen) atoms. The number of unbranched alkanes of at least 4 members (excludes halogenated alkanes) is 5. The van der Waals surface area contributed by atoms with Gasteiger partial charge in [0.1, 0.15) is 68.2 Å². The van der Waals surface area contributed by atoms with E-state index in [9.17, 15) is 50.1 Å². The highest BCUT2D eigenvalue weighted by molar-refractivity contribution is 6.09. The fourth-order valence-corrected chi connectivity index (χ4v) is 8.27. The summed E-state index contributed by atoms with van der Waals surface area (Å²) in [6, 6.07) is 16.1. The predicted octanol–water partition coefficient (Wildman–Crippen LogP) is 1.25. The molecule has 0 saturated carbocycles.